The standard InChI is InChI=1S/C27H39N7O4/c1-17(25(35)31-21-13-14-27(21,2)38-6)24-32-22(16-23(28-3)34(24)29-4)30-20-8-7-15-33(26(20)36)18-9-11-19(37-5)12-10-18/h7-8,15-16,18-19,21,28H,4,9-14H2,1-3,5-6H3,(H,30,32)(H,31,35)/b24-17+/t18-,19+,21-,27-/m0/s1. The van der Waals surface area contributed by atoms with E-state index < -0.39 is 0 Å². The van der Waals surface area contributed by atoms with Gasteiger partial charge < -0.3 is 30.0 Å². The molecule has 2 atom stereocenters. The first-order chi connectivity index (χ1) is 18.2. The third kappa shape index (κ3) is 5.39. The summed E-state index contributed by atoms with van der Waals surface area (Å²) in [4.78, 5) is 31.2. The van der Waals surface area contributed by atoms with Gasteiger partial charge in [0.2, 0.25) is 0 Å². The first-order valence-electron chi connectivity index (χ1n) is 13.1. The number of nitrogens with zero attached hydrogens (tertiary/aromatic N) is 4. The number of rotatable bonds is 8. The molecular weight excluding hydrogens is 486 g/mol. The fourth-order valence-electron chi connectivity index (χ4n) is 5.25. The molecule has 2 heterocycles. The fourth-order valence-corrected chi connectivity index (χ4v) is 5.25. The Hall–Kier alpha value is -3.44. The van der Waals surface area contributed by atoms with Gasteiger partial charge >= 0.3 is 0 Å². The molecular formula is C27H39N7O4. The molecule has 3 aliphatic rings. The molecule has 4 rings (SSSR count). The monoisotopic (exact) mass is 525 g/mol. The number of amides is 1. The Morgan fingerprint density at radius 3 is 2.55 bits per heavy atom. The summed E-state index contributed by atoms with van der Waals surface area (Å²) >= 11 is 0. The Labute approximate surface area is 223 Å². The van der Waals surface area contributed by atoms with Crippen molar-refractivity contribution in [3.8, 4) is 0 Å². The Kier molecular flexibility index (Phi) is 8.37. The number of amidine groups is 1. The summed E-state index contributed by atoms with van der Waals surface area (Å²) < 4.78 is 12.9. The van der Waals surface area contributed by atoms with Crippen molar-refractivity contribution in [3.05, 3.63) is 52.0 Å². The highest BCUT2D eigenvalue weighted by Crippen LogP contribution is 2.35. The average molecular weight is 526 g/mol. The number of ether oxygens (including phenoxy) is 2. The molecule has 2 fully saturated rings. The Morgan fingerprint density at radius 1 is 1.24 bits per heavy atom. The summed E-state index contributed by atoms with van der Waals surface area (Å²) in [6.45, 7) is 7.33. The Morgan fingerprint density at radius 2 is 1.97 bits per heavy atom. The van der Waals surface area contributed by atoms with Gasteiger partial charge in [-0.3, -0.25) is 9.59 Å². The summed E-state index contributed by atoms with van der Waals surface area (Å²) in [5.74, 6) is 0.995. The van der Waals surface area contributed by atoms with Crippen molar-refractivity contribution in [1.29, 1.82) is 0 Å². The maximum absolute atomic E-state index is 13.4. The molecule has 11 nitrogen and oxygen atoms in total. The second kappa shape index (κ2) is 11.5. The summed E-state index contributed by atoms with van der Waals surface area (Å²) in [6.07, 6.45) is 9.15. The van der Waals surface area contributed by atoms with Crippen molar-refractivity contribution >= 4 is 24.1 Å². The van der Waals surface area contributed by atoms with Gasteiger partial charge in [0.15, 0.2) is 5.82 Å². The topological polar surface area (TPSA) is 122 Å². The van der Waals surface area contributed by atoms with E-state index in [9.17, 15) is 9.59 Å². The van der Waals surface area contributed by atoms with Gasteiger partial charge in [-0.1, -0.05) is 0 Å². The number of carbonyl (C=O) groups excluding carboxylic acids is 1. The quantitative estimate of drug-likeness (QED) is 0.352. The smallest absolute Gasteiger partial charge is 0.274 e. The maximum Gasteiger partial charge on any atom is 0.274 e. The highest BCUT2D eigenvalue weighted by Gasteiger charge is 2.44. The number of aliphatic imine (C=N–C) groups is 1. The van der Waals surface area contributed by atoms with E-state index in [0.717, 1.165) is 38.5 Å². The molecule has 0 unspecified atom stereocenters. The van der Waals surface area contributed by atoms with Crippen molar-refractivity contribution in [2.24, 2.45) is 10.1 Å². The van der Waals surface area contributed by atoms with Crippen LogP contribution >= 0.6 is 0 Å². The number of hydrogen-bond acceptors (Lipinski definition) is 9. The third-order valence-electron chi connectivity index (χ3n) is 8.05. The zero-order valence-corrected chi connectivity index (χ0v) is 22.9. The molecule has 38 heavy (non-hydrogen) atoms. The van der Waals surface area contributed by atoms with Crippen LogP contribution in [-0.4, -0.2) is 67.1 Å². The van der Waals surface area contributed by atoms with Crippen LogP contribution < -0.4 is 21.5 Å². The minimum atomic E-state index is -0.383. The van der Waals surface area contributed by atoms with E-state index in [1.165, 1.54) is 5.01 Å². The fraction of sp³-hybridized carbons (Fsp3) is 0.556. The zero-order chi connectivity index (χ0) is 27.4. The number of methoxy groups -OCH3 is 2. The molecule has 0 aromatic carbocycles. The van der Waals surface area contributed by atoms with E-state index in [1.54, 1.807) is 44.9 Å². The molecule has 3 N–H and O–H groups in total. The van der Waals surface area contributed by atoms with Crippen LogP contribution in [0.5, 0.6) is 0 Å². The number of hydrogen-bond donors (Lipinski definition) is 3. The van der Waals surface area contributed by atoms with Crippen LogP contribution in [0.25, 0.3) is 0 Å². The average Bonchev–Trinajstić information content (AvgIpc) is 2.94. The van der Waals surface area contributed by atoms with Crippen LogP contribution in [0.2, 0.25) is 0 Å². The Balaban J connectivity index is 1.60. The molecule has 0 saturated heterocycles. The zero-order valence-electron chi connectivity index (χ0n) is 22.9. The van der Waals surface area contributed by atoms with Crippen LogP contribution in [0.3, 0.4) is 0 Å². The van der Waals surface area contributed by atoms with Gasteiger partial charge in [0, 0.05) is 46.3 Å². The molecule has 2 aliphatic carbocycles. The molecule has 0 spiro atoms. The molecule has 2 saturated carbocycles. The minimum absolute atomic E-state index is 0.0908. The lowest BCUT2D eigenvalue weighted by Crippen LogP contribution is -2.59. The van der Waals surface area contributed by atoms with E-state index >= 15 is 0 Å². The summed E-state index contributed by atoms with van der Waals surface area (Å²) in [5.41, 5.74) is 0.261. The van der Waals surface area contributed by atoms with Gasteiger partial charge in [-0.05, 0) is 64.5 Å². The number of carbonyl (C=O) groups is 1. The second-order valence-electron chi connectivity index (χ2n) is 10.2. The van der Waals surface area contributed by atoms with Gasteiger partial charge in [-0.15, -0.1) is 0 Å². The first kappa shape index (κ1) is 27.6. The first-order valence-corrected chi connectivity index (χ1v) is 13.1. The summed E-state index contributed by atoms with van der Waals surface area (Å²) in [5, 5.41) is 14.8. The lowest BCUT2D eigenvalue weighted by Gasteiger charge is -2.46. The van der Waals surface area contributed by atoms with Crippen LogP contribution in [0.1, 0.15) is 58.4 Å². The van der Waals surface area contributed by atoms with Gasteiger partial charge in [-0.2, -0.15) is 10.1 Å². The molecule has 206 valence electrons. The largest absolute Gasteiger partial charge is 0.381 e. The highest BCUT2D eigenvalue weighted by molar-refractivity contribution is 6.06. The number of pyridine rings is 1. The van der Waals surface area contributed by atoms with Crippen molar-refractivity contribution in [2.45, 2.75) is 76.2 Å². The maximum atomic E-state index is 13.4. The van der Waals surface area contributed by atoms with Crippen LogP contribution in [0.15, 0.2) is 56.5 Å². The van der Waals surface area contributed by atoms with E-state index in [4.69, 9.17) is 9.47 Å². The molecule has 1 aromatic heterocycles. The molecule has 1 amide bonds. The van der Waals surface area contributed by atoms with Crippen molar-refractivity contribution in [2.75, 3.05) is 26.6 Å². The molecule has 11 heteroatoms. The predicted octanol–water partition coefficient (Wildman–Crippen LogP) is 2.70. The van der Waals surface area contributed by atoms with Crippen molar-refractivity contribution < 1.29 is 14.3 Å². The lowest BCUT2D eigenvalue weighted by molar-refractivity contribution is -0.127. The molecule has 0 bridgehead atoms. The number of hydrazone groups is 1. The van der Waals surface area contributed by atoms with Crippen LogP contribution in [-0.2, 0) is 14.3 Å². The number of aromatic nitrogens is 1. The predicted molar refractivity (Wildman–Crippen MR) is 148 cm³/mol. The molecule has 0 radical (unpaired) electrons. The third-order valence-corrected chi connectivity index (χ3v) is 8.05. The van der Waals surface area contributed by atoms with E-state index in [1.807, 2.05) is 19.2 Å². The molecule has 1 aromatic rings. The SMILES string of the molecule is C=NN1C(NC)=CC(Nc2cccn([C@H]3CC[C@@H](OC)CC3)c2=O)=N/C1=C(/C)C(=O)N[C@H]1CC[C@]1(C)OC. The summed E-state index contributed by atoms with van der Waals surface area (Å²) in [6, 6.07) is 3.63. The van der Waals surface area contributed by atoms with Gasteiger partial charge in [0.05, 0.1) is 23.3 Å². The molecule has 1 aliphatic heterocycles. The van der Waals surface area contributed by atoms with Gasteiger partial charge in [0.25, 0.3) is 11.5 Å². The second-order valence-corrected chi connectivity index (χ2v) is 10.2. The minimum Gasteiger partial charge on any atom is -0.381 e. The lowest BCUT2D eigenvalue weighted by atomic mass is 9.76. The van der Waals surface area contributed by atoms with Crippen LogP contribution in [0, 0.1) is 0 Å². The van der Waals surface area contributed by atoms with E-state index in [0.29, 0.717) is 28.7 Å². The number of anilines is 1. The normalized spacial score (nSPS) is 28.4. The van der Waals surface area contributed by atoms with Gasteiger partial charge in [-0.25, -0.2) is 4.99 Å². The van der Waals surface area contributed by atoms with Gasteiger partial charge in [0.1, 0.15) is 17.3 Å². The highest BCUT2D eigenvalue weighted by atomic mass is 16.5. The van der Waals surface area contributed by atoms with Crippen molar-refractivity contribution in [1.82, 2.24) is 20.2 Å². The number of nitrogens with one attached hydrogen (secondary N) is 3. The summed E-state index contributed by atoms with van der Waals surface area (Å²) in [7, 11) is 5.13. The Bertz CT molecular complexity index is 1210. The van der Waals surface area contributed by atoms with Crippen molar-refractivity contribution in [3.63, 3.8) is 0 Å². The van der Waals surface area contributed by atoms with E-state index in [-0.39, 0.29) is 35.3 Å². The van der Waals surface area contributed by atoms with E-state index in [2.05, 4.69) is 32.8 Å². The van der Waals surface area contributed by atoms with Crippen LogP contribution in [0.4, 0.5) is 5.69 Å².